The van der Waals surface area contributed by atoms with Crippen LogP contribution in [-0.4, -0.2) is 46.3 Å². The number of aliphatic hydroxyl groups is 1. The van der Waals surface area contributed by atoms with Gasteiger partial charge in [-0.1, -0.05) is 22.8 Å². The number of nitrogens with zero attached hydrogens (tertiary/aromatic N) is 2. The van der Waals surface area contributed by atoms with E-state index in [0.717, 1.165) is 5.56 Å². The summed E-state index contributed by atoms with van der Waals surface area (Å²) in [6, 6.07) is 5.80. The molecule has 0 unspecified atom stereocenters. The van der Waals surface area contributed by atoms with Crippen LogP contribution in [0.5, 0.6) is 0 Å². The second-order valence-electron chi connectivity index (χ2n) is 6.24. The average molecular weight is 368 g/mol. The number of halogens is 2. The third-order valence-electron chi connectivity index (χ3n) is 4.23. The van der Waals surface area contributed by atoms with Gasteiger partial charge >= 0.3 is 0 Å². The minimum absolute atomic E-state index is 0.0862. The molecule has 1 amide bonds. The molecule has 8 heteroatoms. The Bertz CT molecular complexity index is 767. The fourth-order valence-electron chi connectivity index (χ4n) is 2.92. The molecule has 0 radical (unpaired) electrons. The predicted octanol–water partition coefficient (Wildman–Crippen LogP) is 2.14. The lowest BCUT2D eigenvalue weighted by Gasteiger charge is -2.36. The maximum atomic E-state index is 13.2. The van der Waals surface area contributed by atoms with E-state index in [2.05, 4.69) is 10.5 Å². The highest BCUT2D eigenvalue weighted by Gasteiger charge is 2.29. The molecule has 2 N–H and O–H groups in total. The van der Waals surface area contributed by atoms with Gasteiger partial charge in [0.1, 0.15) is 11.6 Å². The van der Waals surface area contributed by atoms with Gasteiger partial charge in [0.25, 0.3) is 5.91 Å². The van der Waals surface area contributed by atoms with Crippen LogP contribution in [0.3, 0.4) is 0 Å². The van der Waals surface area contributed by atoms with Crippen LogP contribution in [0.25, 0.3) is 0 Å². The number of aliphatic hydroxyl groups excluding tert-OH is 1. The molecule has 2 heterocycles. The zero-order valence-corrected chi connectivity index (χ0v) is 14.5. The number of piperidine rings is 1. The third kappa shape index (κ3) is 4.36. The first kappa shape index (κ1) is 17.8. The van der Waals surface area contributed by atoms with Crippen LogP contribution in [0.1, 0.15) is 28.2 Å². The van der Waals surface area contributed by atoms with Crippen molar-refractivity contribution in [2.75, 3.05) is 13.1 Å². The van der Waals surface area contributed by atoms with Crippen LogP contribution in [-0.2, 0) is 6.54 Å². The van der Waals surface area contributed by atoms with Gasteiger partial charge in [-0.05, 0) is 31.0 Å². The number of benzene rings is 1. The number of aromatic nitrogens is 1. The lowest BCUT2D eigenvalue weighted by Crippen LogP contribution is -2.53. The largest absolute Gasteiger partial charge is 0.390 e. The van der Waals surface area contributed by atoms with Crippen LogP contribution < -0.4 is 5.32 Å². The third-order valence-corrected chi connectivity index (χ3v) is 4.52. The summed E-state index contributed by atoms with van der Waals surface area (Å²) in [4.78, 5) is 14.1. The number of carbonyl (C=O) groups excluding carboxylic acids is 1. The van der Waals surface area contributed by atoms with Gasteiger partial charge in [-0.15, -0.1) is 0 Å². The van der Waals surface area contributed by atoms with E-state index in [9.17, 15) is 14.3 Å². The molecular weight excluding hydrogens is 349 g/mol. The van der Waals surface area contributed by atoms with E-state index in [-0.39, 0.29) is 22.7 Å². The highest BCUT2D eigenvalue weighted by atomic mass is 35.5. The lowest BCUT2D eigenvalue weighted by atomic mass is 10.0. The number of nitrogens with one attached hydrogen (secondary N) is 1. The van der Waals surface area contributed by atoms with Crippen molar-refractivity contribution in [3.05, 3.63) is 52.1 Å². The zero-order valence-electron chi connectivity index (χ0n) is 13.7. The molecule has 1 saturated heterocycles. The maximum Gasteiger partial charge on any atom is 0.273 e. The number of hydrogen-bond acceptors (Lipinski definition) is 5. The zero-order chi connectivity index (χ0) is 18.0. The Kier molecular flexibility index (Phi) is 5.36. The van der Waals surface area contributed by atoms with E-state index >= 15 is 0 Å². The van der Waals surface area contributed by atoms with Crippen molar-refractivity contribution in [3.63, 3.8) is 0 Å². The molecule has 0 bridgehead atoms. The second kappa shape index (κ2) is 7.51. The molecule has 0 spiro atoms. The van der Waals surface area contributed by atoms with Crippen LogP contribution in [0.2, 0.25) is 5.02 Å². The monoisotopic (exact) mass is 367 g/mol. The number of hydrogen-bond donors (Lipinski definition) is 2. The number of rotatable bonds is 4. The van der Waals surface area contributed by atoms with Gasteiger partial charge in [0.15, 0.2) is 5.69 Å². The minimum atomic E-state index is -0.707. The van der Waals surface area contributed by atoms with Gasteiger partial charge < -0.3 is 14.9 Å². The van der Waals surface area contributed by atoms with Crippen LogP contribution in [0, 0.1) is 12.7 Å². The number of carbonyl (C=O) groups is 1. The molecular formula is C17H19ClFN3O3. The normalized spacial score (nSPS) is 21.3. The summed E-state index contributed by atoms with van der Waals surface area (Å²) in [5.41, 5.74) is 1.08. The van der Waals surface area contributed by atoms with E-state index in [0.29, 0.717) is 31.8 Å². The molecule has 2 aromatic rings. The van der Waals surface area contributed by atoms with Gasteiger partial charge in [0.2, 0.25) is 0 Å². The Morgan fingerprint density at radius 3 is 2.96 bits per heavy atom. The van der Waals surface area contributed by atoms with Gasteiger partial charge in [-0.3, -0.25) is 9.69 Å². The van der Waals surface area contributed by atoms with Crippen molar-refractivity contribution >= 4 is 17.5 Å². The summed E-state index contributed by atoms with van der Waals surface area (Å²) in [7, 11) is 0. The van der Waals surface area contributed by atoms with Crippen LogP contribution in [0.4, 0.5) is 4.39 Å². The van der Waals surface area contributed by atoms with Crippen molar-refractivity contribution in [2.24, 2.45) is 0 Å². The molecule has 1 aromatic carbocycles. The Morgan fingerprint density at radius 1 is 1.52 bits per heavy atom. The maximum absolute atomic E-state index is 13.2. The average Bonchev–Trinajstić information content (AvgIpc) is 3.00. The Hall–Kier alpha value is -1.96. The molecule has 0 saturated carbocycles. The second-order valence-corrected chi connectivity index (χ2v) is 6.65. The molecule has 25 heavy (non-hydrogen) atoms. The van der Waals surface area contributed by atoms with E-state index < -0.39 is 11.9 Å². The molecule has 1 aliphatic rings. The number of likely N-dealkylation sites (tertiary alicyclic amines) is 1. The summed E-state index contributed by atoms with van der Waals surface area (Å²) < 4.78 is 18.1. The van der Waals surface area contributed by atoms with Gasteiger partial charge in [-0.25, -0.2) is 4.39 Å². The standard InChI is InChI=1S/C17H19ClFN3O3/c1-10-6-15(21-25-10)17(24)20-14-4-5-22(9-16(14)23)8-11-2-3-13(19)12(18)7-11/h2-3,6-7,14,16,23H,4-5,8-9H2,1H3,(H,20,24)/t14-,16-/m1/s1. The first-order chi connectivity index (χ1) is 11.9. The highest BCUT2D eigenvalue weighted by molar-refractivity contribution is 6.30. The predicted molar refractivity (Wildman–Crippen MR) is 89.8 cm³/mol. The first-order valence-corrected chi connectivity index (χ1v) is 8.38. The van der Waals surface area contributed by atoms with E-state index in [1.165, 1.54) is 6.07 Å². The van der Waals surface area contributed by atoms with Crippen molar-refractivity contribution < 1.29 is 18.8 Å². The minimum Gasteiger partial charge on any atom is -0.390 e. The summed E-state index contributed by atoms with van der Waals surface area (Å²) in [6.07, 6.45) is -0.111. The highest BCUT2D eigenvalue weighted by Crippen LogP contribution is 2.19. The Balaban J connectivity index is 1.55. The molecule has 1 aliphatic heterocycles. The SMILES string of the molecule is Cc1cc(C(=O)N[C@@H]2CCN(Cc3ccc(F)c(Cl)c3)C[C@H]2O)no1. The Labute approximate surface area is 149 Å². The summed E-state index contributed by atoms with van der Waals surface area (Å²) in [6.45, 7) is 3.35. The molecule has 134 valence electrons. The Morgan fingerprint density at radius 2 is 2.32 bits per heavy atom. The summed E-state index contributed by atoms with van der Waals surface area (Å²) in [5, 5.41) is 16.9. The topological polar surface area (TPSA) is 78.6 Å². The molecule has 0 aliphatic carbocycles. The van der Waals surface area contributed by atoms with Gasteiger partial charge in [-0.2, -0.15) is 0 Å². The number of aryl methyl sites for hydroxylation is 1. The fraction of sp³-hybridized carbons (Fsp3) is 0.412. The van der Waals surface area contributed by atoms with Crippen LogP contribution in [0.15, 0.2) is 28.8 Å². The van der Waals surface area contributed by atoms with E-state index in [4.69, 9.17) is 16.1 Å². The molecule has 1 fully saturated rings. The molecule has 6 nitrogen and oxygen atoms in total. The van der Waals surface area contributed by atoms with Gasteiger partial charge in [0.05, 0.1) is 17.2 Å². The van der Waals surface area contributed by atoms with Crippen molar-refractivity contribution in [3.8, 4) is 0 Å². The van der Waals surface area contributed by atoms with Crippen molar-refractivity contribution in [2.45, 2.75) is 32.0 Å². The lowest BCUT2D eigenvalue weighted by molar-refractivity contribution is 0.0347. The van der Waals surface area contributed by atoms with Crippen LogP contribution >= 0.6 is 11.6 Å². The quantitative estimate of drug-likeness (QED) is 0.865. The van der Waals surface area contributed by atoms with Gasteiger partial charge in [0, 0.05) is 25.7 Å². The number of amides is 1. The molecule has 2 atom stereocenters. The fourth-order valence-corrected chi connectivity index (χ4v) is 3.12. The summed E-state index contributed by atoms with van der Waals surface area (Å²) >= 11 is 5.80. The van der Waals surface area contributed by atoms with E-state index in [1.807, 2.05) is 4.90 Å². The van der Waals surface area contributed by atoms with Crippen molar-refractivity contribution in [1.29, 1.82) is 0 Å². The smallest absolute Gasteiger partial charge is 0.273 e. The first-order valence-electron chi connectivity index (χ1n) is 8.01. The molecule has 1 aromatic heterocycles. The van der Waals surface area contributed by atoms with Crippen molar-refractivity contribution in [1.82, 2.24) is 15.4 Å². The van der Waals surface area contributed by atoms with E-state index in [1.54, 1.807) is 25.1 Å². The number of β-amino-alcohol motifs (C(OH)–C–C–N with tert-alkyl or cyclic N) is 1. The molecule has 3 rings (SSSR count). The summed E-state index contributed by atoms with van der Waals surface area (Å²) in [5.74, 6) is -0.256.